The molecule has 2 N–H and O–H groups in total. The fourth-order valence-corrected chi connectivity index (χ4v) is 2.76. The second kappa shape index (κ2) is 7.87. The molecule has 0 aliphatic carbocycles. The van der Waals surface area contributed by atoms with Gasteiger partial charge in [0.05, 0.1) is 6.54 Å². The van der Waals surface area contributed by atoms with Crippen LogP contribution in [0.2, 0.25) is 0 Å². The molecule has 4 nitrogen and oxygen atoms in total. The molecular weight excluding hydrogens is 329 g/mol. The van der Waals surface area contributed by atoms with Gasteiger partial charge in [-0.25, -0.2) is 9.18 Å². The SMILES string of the molecule is Cc1ccc(NC(=O)NCc2cccn2Cc2cccc(F)c2)cc1C. The van der Waals surface area contributed by atoms with Gasteiger partial charge in [-0.3, -0.25) is 0 Å². The number of urea groups is 1. The molecular formula is C21H22FN3O. The van der Waals surface area contributed by atoms with Crippen molar-refractivity contribution in [1.29, 1.82) is 0 Å². The number of nitrogens with zero attached hydrogens (tertiary/aromatic N) is 1. The van der Waals surface area contributed by atoms with Gasteiger partial charge >= 0.3 is 6.03 Å². The molecule has 1 aromatic heterocycles. The van der Waals surface area contributed by atoms with Crippen LogP contribution in [0.4, 0.5) is 14.9 Å². The van der Waals surface area contributed by atoms with E-state index in [1.807, 2.05) is 61.0 Å². The van der Waals surface area contributed by atoms with Crippen LogP contribution in [0.25, 0.3) is 0 Å². The number of carbonyl (C=O) groups is 1. The largest absolute Gasteiger partial charge is 0.345 e. The van der Waals surface area contributed by atoms with Crippen LogP contribution < -0.4 is 10.6 Å². The Bertz CT molecular complexity index is 917. The van der Waals surface area contributed by atoms with Gasteiger partial charge in [0.25, 0.3) is 0 Å². The van der Waals surface area contributed by atoms with Crippen molar-refractivity contribution in [2.45, 2.75) is 26.9 Å². The molecule has 0 atom stereocenters. The molecule has 5 heteroatoms. The predicted octanol–water partition coefficient (Wildman–Crippen LogP) is 4.61. The molecule has 0 unspecified atom stereocenters. The Morgan fingerprint density at radius 2 is 1.88 bits per heavy atom. The third-order valence-electron chi connectivity index (χ3n) is 4.36. The van der Waals surface area contributed by atoms with Gasteiger partial charge in [0.15, 0.2) is 0 Å². The molecule has 0 saturated carbocycles. The maximum absolute atomic E-state index is 13.3. The highest BCUT2D eigenvalue weighted by atomic mass is 19.1. The zero-order valence-electron chi connectivity index (χ0n) is 14.9. The van der Waals surface area contributed by atoms with E-state index in [4.69, 9.17) is 0 Å². The van der Waals surface area contributed by atoms with Crippen molar-refractivity contribution in [3.8, 4) is 0 Å². The van der Waals surface area contributed by atoms with Gasteiger partial charge in [-0.2, -0.15) is 0 Å². The van der Waals surface area contributed by atoms with E-state index >= 15 is 0 Å². The Morgan fingerprint density at radius 3 is 2.65 bits per heavy atom. The van der Waals surface area contributed by atoms with Gasteiger partial charge in [-0.15, -0.1) is 0 Å². The summed E-state index contributed by atoms with van der Waals surface area (Å²) in [5.41, 5.74) is 4.91. The first-order valence-corrected chi connectivity index (χ1v) is 8.52. The summed E-state index contributed by atoms with van der Waals surface area (Å²) in [5, 5.41) is 5.70. The van der Waals surface area contributed by atoms with E-state index in [2.05, 4.69) is 10.6 Å². The van der Waals surface area contributed by atoms with Gasteiger partial charge in [0.2, 0.25) is 0 Å². The molecule has 26 heavy (non-hydrogen) atoms. The van der Waals surface area contributed by atoms with Crippen molar-refractivity contribution in [3.05, 3.63) is 89.0 Å². The summed E-state index contributed by atoms with van der Waals surface area (Å²) in [7, 11) is 0. The fraction of sp³-hybridized carbons (Fsp3) is 0.190. The van der Waals surface area contributed by atoms with E-state index in [1.54, 1.807) is 6.07 Å². The number of aryl methyl sites for hydroxylation is 2. The maximum Gasteiger partial charge on any atom is 0.319 e. The molecule has 2 amide bonds. The lowest BCUT2D eigenvalue weighted by Gasteiger charge is -2.12. The highest BCUT2D eigenvalue weighted by Gasteiger charge is 2.06. The van der Waals surface area contributed by atoms with Crippen LogP contribution in [-0.4, -0.2) is 10.6 Å². The first-order valence-electron chi connectivity index (χ1n) is 8.52. The monoisotopic (exact) mass is 351 g/mol. The summed E-state index contributed by atoms with van der Waals surface area (Å²) in [6.07, 6.45) is 1.92. The molecule has 0 spiro atoms. The highest BCUT2D eigenvalue weighted by molar-refractivity contribution is 5.89. The van der Waals surface area contributed by atoms with Crippen LogP contribution in [0.3, 0.4) is 0 Å². The van der Waals surface area contributed by atoms with Crippen molar-refractivity contribution >= 4 is 11.7 Å². The number of carbonyl (C=O) groups excluding carboxylic acids is 1. The molecule has 0 aliphatic rings. The van der Waals surface area contributed by atoms with Crippen LogP contribution in [0.5, 0.6) is 0 Å². The van der Waals surface area contributed by atoms with Crippen molar-refractivity contribution in [2.24, 2.45) is 0 Å². The lowest BCUT2D eigenvalue weighted by Crippen LogP contribution is -2.29. The average molecular weight is 351 g/mol. The zero-order chi connectivity index (χ0) is 18.5. The second-order valence-corrected chi connectivity index (χ2v) is 6.36. The van der Waals surface area contributed by atoms with E-state index < -0.39 is 0 Å². The van der Waals surface area contributed by atoms with Crippen LogP contribution >= 0.6 is 0 Å². The average Bonchev–Trinajstić information content (AvgIpc) is 3.03. The molecule has 3 aromatic rings. The first kappa shape index (κ1) is 17.7. The summed E-state index contributed by atoms with van der Waals surface area (Å²) in [6.45, 7) is 4.99. The number of hydrogen-bond acceptors (Lipinski definition) is 1. The number of nitrogens with one attached hydrogen (secondary N) is 2. The lowest BCUT2D eigenvalue weighted by molar-refractivity contribution is 0.251. The van der Waals surface area contributed by atoms with E-state index in [1.165, 1.54) is 17.7 Å². The van der Waals surface area contributed by atoms with Gasteiger partial charge in [0.1, 0.15) is 5.82 Å². The summed E-state index contributed by atoms with van der Waals surface area (Å²) >= 11 is 0. The number of anilines is 1. The fourth-order valence-electron chi connectivity index (χ4n) is 2.76. The predicted molar refractivity (Wildman–Crippen MR) is 102 cm³/mol. The Hall–Kier alpha value is -3.08. The van der Waals surface area contributed by atoms with E-state index in [-0.39, 0.29) is 11.8 Å². The van der Waals surface area contributed by atoms with Crippen LogP contribution in [0, 0.1) is 19.7 Å². The highest BCUT2D eigenvalue weighted by Crippen LogP contribution is 2.14. The molecule has 0 radical (unpaired) electrons. The number of benzene rings is 2. The van der Waals surface area contributed by atoms with Gasteiger partial charge in [0, 0.05) is 24.1 Å². The lowest BCUT2D eigenvalue weighted by atomic mass is 10.1. The van der Waals surface area contributed by atoms with Gasteiger partial charge in [-0.05, 0) is 66.9 Å². The van der Waals surface area contributed by atoms with Crippen molar-refractivity contribution < 1.29 is 9.18 Å². The normalized spacial score (nSPS) is 10.6. The van der Waals surface area contributed by atoms with Crippen LogP contribution in [-0.2, 0) is 13.1 Å². The maximum atomic E-state index is 13.3. The molecule has 2 aromatic carbocycles. The molecule has 0 bridgehead atoms. The van der Waals surface area contributed by atoms with Crippen LogP contribution in [0.1, 0.15) is 22.4 Å². The molecule has 0 aliphatic heterocycles. The molecule has 134 valence electrons. The number of halogens is 1. The number of rotatable bonds is 5. The minimum atomic E-state index is -0.258. The Morgan fingerprint density at radius 1 is 1.04 bits per heavy atom. The second-order valence-electron chi connectivity index (χ2n) is 6.36. The van der Waals surface area contributed by atoms with Crippen LogP contribution in [0.15, 0.2) is 60.8 Å². The zero-order valence-corrected chi connectivity index (χ0v) is 14.9. The van der Waals surface area contributed by atoms with Crippen molar-refractivity contribution in [1.82, 2.24) is 9.88 Å². The summed E-state index contributed by atoms with van der Waals surface area (Å²) < 4.78 is 15.3. The minimum absolute atomic E-state index is 0.248. The Balaban J connectivity index is 1.59. The summed E-state index contributed by atoms with van der Waals surface area (Å²) in [4.78, 5) is 12.1. The molecule has 0 fully saturated rings. The van der Waals surface area contributed by atoms with E-state index in [9.17, 15) is 9.18 Å². The number of amides is 2. The Kier molecular flexibility index (Phi) is 5.37. The van der Waals surface area contributed by atoms with Crippen molar-refractivity contribution in [2.75, 3.05) is 5.32 Å². The summed E-state index contributed by atoms with van der Waals surface area (Å²) in [6, 6.07) is 15.9. The third kappa shape index (κ3) is 4.51. The molecule has 1 heterocycles. The topological polar surface area (TPSA) is 46.1 Å². The summed E-state index contributed by atoms with van der Waals surface area (Å²) in [5.74, 6) is -0.248. The van der Waals surface area contributed by atoms with E-state index in [0.717, 1.165) is 22.5 Å². The quantitative estimate of drug-likeness (QED) is 0.692. The standard InChI is InChI=1S/C21H22FN3O/c1-15-8-9-19(11-16(15)2)24-21(26)23-13-20-7-4-10-25(20)14-17-5-3-6-18(22)12-17/h3-12H,13-14H2,1-2H3,(H2,23,24,26). The smallest absolute Gasteiger partial charge is 0.319 e. The third-order valence-corrected chi connectivity index (χ3v) is 4.36. The van der Waals surface area contributed by atoms with E-state index in [0.29, 0.717) is 13.1 Å². The molecule has 0 saturated heterocycles. The Labute approximate surface area is 152 Å². The first-order chi connectivity index (χ1) is 12.5. The number of aromatic nitrogens is 1. The number of hydrogen-bond donors (Lipinski definition) is 2. The molecule has 3 rings (SSSR count). The van der Waals surface area contributed by atoms with Crippen molar-refractivity contribution in [3.63, 3.8) is 0 Å². The van der Waals surface area contributed by atoms with Gasteiger partial charge in [-0.1, -0.05) is 18.2 Å². The van der Waals surface area contributed by atoms with Gasteiger partial charge < -0.3 is 15.2 Å². The minimum Gasteiger partial charge on any atom is -0.345 e.